The van der Waals surface area contributed by atoms with E-state index < -0.39 is 11.6 Å². The molecule has 13 heteroatoms. The molecule has 1 aromatic carbocycles. The highest BCUT2D eigenvalue weighted by Gasteiger charge is 2.34. The molecular weight excluding hydrogens is 532 g/mol. The summed E-state index contributed by atoms with van der Waals surface area (Å²) in [5, 5.41) is 11.9. The topological polar surface area (TPSA) is 148 Å². The predicted octanol–water partition coefficient (Wildman–Crippen LogP) is 4.05. The first-order valence-electron chi connectivity index (χ1n) is 13.0. The number of H-pyrrole nitrogens is 1. The highest BCUT2D eigenvalue weighted by atomic mass is 19.1. The molecule has 4 aromatic heterocycles. The SMILES string of the molecule is CC(=O)c1c([C@@H]2CCN(C(=O)c3nnc[nH]3)[C@@H](C)C2)nc2c(-c3ccc(-c4c(F)cccc4F)nc3)cnn2c1N. The van der Waals surface area contributed by atoms with Crippen LogP contribution in [-0.2, 0) is 0 Å². The minimum Gasteiger partial charge on any atom is -0.383 e. The van der Waals surface area contributed by atoms with Crippen molar-refractivity contribution in [2.24, 2.45) is 0 Å². The van der Waals surface area contributed by atoms with Crippen LogP contribution in [0.25, 0.3) is 28.0 Å². The normalized spacial score (nSPS) is 17.2. The first kappa shape index (κ1) is 26.2. The maximum Gasteiger partial charge on any atom is 0.291 e. The molecule has 41 heavy (non-hydrogen) atoms. The molecule has 0 aliphatic carbocycles. The van der Waals surface area contributed by atoms with Crippen LogP contribution in [0.2, 0.25) is 0 Å². The Hall–Kier alpha value is -5.07. The molecule has 1 fully saturated rings. The molecule has 11 nitrogen and oxygen atoms in total. The molecule has 6 rings (SSSR count). The summed E-state index contributed by atoms with van der Waals surface area (Å²) >= 11 is 0. The molecule has 208 valence electrons. The van der Waals surface area contributed by atoms with Crippen LogP contribution >= 0.6 is 0 Å². The van der Waals surface area contributed by atoms with E-state index in [0.717, 1.165) is 0 Å². The van der Waals surface area contributed by atoms with E-state index in [4.69, 9.17) is 10.7 Å². The number of hydrogen-bond donors (Lipinski definition) is 2. The average molecular weight is 558 g/mol. The standard InChI is InChI=1S/C28H25F2N9O2/c1-14-10-16(8-9-38(14)28(41)26-33-13-34-37-26)24-22(15(2)40)25(31)39-27(36-24)18(12-35-39)17-6-7-21(32-11-17)23-19(29)4-3-5-20(23)30/h3-7,11-14,16H,8-10,31H2,1-2H3,(H,33,34,37)/t14-,16+/m0/s1. The Kier molecular flexibility index (Phi) is 6.48. The van der Waals surface area contributed by atoms with Crippen molar-refractivity contribution in [1.29, 1.82) is 0 Å². The van der Waals surface area contributed by atoms with Crippen molar-refractivity contribution < 1.29 is 18.4 Å². The van der Waals surface area contributed by atoms with Gasteiger partial charge in [0.15, 0.2) is 11.4 Å². The number of nitrogens with one attached hydrogen (secondary N) is 1. The van der Waals surface area contributed by atoms with Crippen LogP contribution in [0.1, 0.15) is 59.3 Å². The number of carbonyl (C=O) groups is 2. The second-order valence-corrected chi connectivity index (χ2v) is 10.0. The van der Waals surface area contributed by atoms with Gasteiger partial charge in [-0.2, -0.15) is 9.61 Å². The van der Waals surface area contributed by atoms with Crippen LogP contribution in [0.15, 0.2) is 49.1 Å². The first-order chi connectivity index (χ1) is 19.7. The summed E-state index contributed by atoms with van der Waals surface area (Å²) in [6, 6.07) is 6.69. The van der Waals surface area contributed by atoms with Crippen molar-refractivity contribution >= 4 is 23.2 Å². The first-order valence-corrected chi connectivity index (χ1v) is 13.0. The largest absolute Gasteiger partial charge is 0.383 e. The summed E-state index contributed by atoms with van der Waals surface area (Å²) < 4.78 is 30.0. The average Bonchev–Trinajstić information content (AvgIpc) is 3.64. The van der Waals surface area contributed by atoms with Gasteiger partial charge in [0.1, 0.15) is 23.8 Å². The van der Waals surface area contributed by atoms with E-state index in [1.165, 1.54) is 48.2 Å². The molecule has 1 aliphatic rings. The van der Waals surface area contributed by atoms with Gasteiger partial charge in [0, 0.05) is 35.8 Å². The number of nitrogens with two attached hydrogens (primary N) is 1. The van der Waals surface area contributed by atoms with E-state index in [0.29, 0.717) is 47.4 Å². The van der Waals surface area contributed by atoms with Gasteiger partial charge in [-0.1, -0.05) is 12.1 Å². The molecule has 1 aliphatic heterocycles. The summed E-state index contributed by atoms with van der Waals surface area (Å²) in [4.78, 5) is 39.3. The lowest BCUT2D eigenvalue weighted by atomic mass is 9.86. The number of anilines is 1. The lowest BCUT2D eigenvalue weighted by Gasteiger charge is -2.37. The Morgan fingerprint density at radius 2 is 1.90 bits per heavy atom. The van der Waals surface area contributed by atoms with Crippen molar-refractivity contribution in [1.82, 2.24) is 39.7 Å². The minimum absolute atomic E-state index is 0.147. The molecule has 0 saturated carbocycles. The smallest absolute Gasteiger partial charge is 0.291 e. The van der Waals surface area contributed by atoms with Gasteiger partial charge < -0.3 is 15.6 Å². The number of ketones is 1. The Morgan fingerprint density at radius 1 is 1.12 bits per heavy atom. The quantitative estimate of drug-likeness (QED) is 0.308. The number of Topliss-reactive ketones (excluding diaryl/α,β-unsaturated/α-hetero) is 1. The number of carbonyl (C=O) groups excluding carboxylic acids is 2. The molecule has 2 atom stereocenters. The zero-order valence-electron chi connectivity index (χ0n) is 22.2. The lowest BCUT2D eigenvalue weighted by Crippen LogP contribution is -2.44. The highest BCUT2D eigenvalue weighted by molar-refractivity contribution is 6.00. The van der Waals surface area contributed by atoms with Crippen LogP contribution < -0.4 is 5.73 Å². The molecule has 5 aromatic rings. The predicted molar refractivity (Wildman–Crippen MR) is 145 cm³/mol. The second kappa shape index (κ2) is 10.2. The maximum absolute atomic E-state index is 14.3. The van der Waals surface area contributed by atoms with Crippen LogP contribution in [0.5, 0.6) is 0 Å². The van der Waals surface area contributed by atoms with Crippen molar-refractivity contribution in [3.63, 3.8) is 0 Å². The number of likely N-dealkylation sites (tertiary alicyclic amines) is 1. The lowest BCUT2D eigenvalue weighted by molar-refractivity contribution is 0.0601. The summed E-state index contributed by atoms with van der Waals surface area (Å²) in [6.07, 6.45) is 5.52. The number of nitrogens with zero attached hydrogens (tertiary/aromatic N) is 7. The maximum atomic E-state index is 14.3. The fourth-order valence-electron chi connectivity index (χ4n) is 5.50. The number of hydrogen-bond acceptors (Lipinski definition) is 8. The number of nitrogen functional groups attached to an aromatic ring is 1. The van der Waals surface area contributed by atoms with E-state index in [1.54, 1.807) is 17.2 Å². The Labute approximate surface area is 232 Å². The van der Waals surface area contributed by atoms with Gasteiger partial charge >= 0.3 is 0 Å². The van der Waals surface area contributed by atoms with E-state index in [2.05, 4.69) is 25.3 Å². The Bertz CT molecular complexity index is 1760. The van der Waals surface area contributed by atoms with E-state index >= 15 is 0 Å². The van der Waals surface area contributed by atoms with Crippen molar-refractivity contribution in [3.05, 3.63) is 77.8 Å². The van der Waals surface area contributed by atoms with Gasteiger partial charge in [-0.3, -0.25) is 14.6 Å². The van der Waals surface area contributed by atoms with Crippen LogP contribution in [0.4, 0.5) is 14.6 Å². The molecule has 5 heterocycles. The number of benzene rings is 1. The molecule has 1 amide bonds. The van der Waals surface area contributed by atoms with Crippen LogP contribution in [0.3, 0.4) is 0 Å². The fraction of sp³-hybridized carbons (Fsp3) is 0.250. The molecule has 0 radical (unpaired) electrons. The van der Waals surface area contributed by atoms with Gasteiger partial charge in [0.25, 0.3) is 5.91 Å². The third kappa shape index (κ3) is 4.48. The van der Waals surface area contributed by atoms with Gasteiger partial charge in [0.2, 0.25) is 5.82 Å². The number of rotatable bonds is 5. The number of amides is 1. The van der Waals surface area contributed by atoms with Crippen LogP contribution in [0, 0.1) is 11.6 Å². The molecule has 0 unspecified atom stereocenters. The summed E-state index contributed by atoms with van der Waals surface area (Å²) in [6.45, 7) is 3.80. The van der Waals surface area contributed by atoms with Crippen LogP contribution in [-0.4, -0.2) is 63.9 Å². The third-order valence-electron chi connectivity index (χ3n) is 7.50. The van der Waals surface area contributed by atoms with E-state index in [9.17, 15) is 18.4 Å². The minimum atomic E-state index is -0.708. The van der Waals surface area contributed by atoms with Crippen molar-refractivity contribution in [3.8, 4) is 22.4 Å². The number of aromatic amines is 1. The summed E-state index contributed by atoms with van der Waals surface area (Å²) in [5.41, 5.74) is 8.87. The van der Waals surface area contributed by atoms with Crippen molar-refractivity contribution in [2.75, 3.05) is 12.3 Å². The second-order valence-electron chi connectivity index (χ2n) is 10.0. The molecule has 0 bridgehead atoms. The summed E-state index contributed by atoms with van der Waals surface area (Å²) in [5.74, 6) is -1.72. The van der Waals surface area contributed by atoms with Gasteiger partial charge in [-0.05, 0) is 44.9 Å². The molecular formula is C28H25F2N9O2. The Balaban J connectivity index is 1.36. The number of pyridine rings is 1. The highest BCUT2D eigenvalue weighted by Crippen LogP contribution is 2.37. The third-order valence-corrected chi connectivity index (χ3v) is 7.50. The van der Waals surface area contributed by atoms with Gasteiger partial charge in [0.05, 0.1) is 28.7 Å². The number of aromatic nitrogens is 7. The monoisotopic (exact) mass is 557 g/mol. The molecule has 1 saturated heterocycles. The Morgan fingerprint density at radius 3 is 2.54 bits per heavy atom. The van der Waals surface area contributed by atoms with E-state index in [-0.39, 0.29) is 46.5 Å². The summed E-state index contributed by atoms with van der Waals surface area (Å²) in [7, 11) is 0. The number of fused-ring (bicyclic) bond motifs is 1. The van der Waals surface area contributed by atoms with Crippen molar-refractivity contribution in [2.45, 2.75) is 38.6 Å². The zero-order chi connectivity index (χ0) is 28.8. The molecule has 3 N–H and O–H groups in total. The van der Waals surface area contributed by atoms with E-state index in [1.807, 2.05) is 6.92 Å². The molecule has 0 spiro atoms. The fourth-order valence-corrected chi connectivity index (χ4v) is 5.50. The zero-order valence-corrected chi connectivity index (χ0v) is 22.2. The van der Waals surface area contributed by atoms with Gasteiger partial charge in [-0.25, -0.2) is 13.8 Å². The number of piperidine rings is 1. The van der Waals surface area contributed by atoms with Gasteiger partial charge in [-0.15, -0.1) is 10.2 Å². The number of halogens is 2.